The van der Waals surface area contributed by atoms with Crippen molar-refractivity contribution >= 4 is 15.6 Å². The second kappa shape index (κ2) is 1.92. The molecule has 1 atom stereocenters. The summed E-state index contributed by atoms with van der Waals surface area (Å²) in [6.07, 6.45) is 1.11. The SMILES string of the molecule is BP1CCOO1. The van der Waals surface area contributed by atoms with Crippen molar-refractivity contribution in [2.45, 2.75) is 0 Å². The van der Waals surface area contributed by atoms with E-state index in [2.05, 4.69) is 12.5 Å². The van der Waals surface area contributed by atoms with Crippen molar-refractivity contribution in [3.8, 4) is 0 Å². The van der Waals surface area contributed by atoms with Crippen LogP contribution >= 0.6 is 8.03 Å². The topological polar surface area (TPSA) is 18.5 Å². The van der Waals surface area contributed by atoms with E-state index in [0.717, 1.165) is 12.8 Å². The van der Waals surface area contributed by atoms with Gasteiger partial charge in [0.25, 0.3) is 0 Å². The van der Waals surface area contributed by atoms with Crippen LogP contribution in [0.2, 0.25) is 0 Å². The lowest BCUT2D eigenvalue weighted by atomic mass is 10.8. The normalized spacial score (nSPS) is 34.3. The highest BCUT2D eigenvalue weighted by molar-refractivity contribution is 7.78. The van der Waals surface area contributed by atoms with Crippen molar-refractivity contribution in [1.82, 2.24) is 0 Å². The highest BCUT2D eigenvalue weighted by Crippen LogP contribution is 2.34. The molecule has 0 aromatic rings. The molecule has 0 radical (unpaired) electrons. The molecular formula is C2H6BO2P. The van der Waals surface area contributed by atoms with Gasteiger partial charge < -0.3 is 0 Å². The van der Waals surface area contributed by atoms with Gasteiger partial charge in [0.1, 0.15) is 0 Å². The first-order valence-electron chi connectivity index (χ1n) is 1.90. The second-order valence-corrected chi connectivity index (χ2v) is 3.10. The van der Waals surface area contributed by atoms with Crippen LogP contribution in [-0.2, 0) is 9.56 Å². The van der Waals surface area contributed by atoms with Crippen molar-refractivity contribution < 1.29 is 9.56 Å². The Hall–Kier alpha value is 0.415. The van der Waals surface area contributed by atoms with Crippen molar-refractivity contribution in [1.29, 1.82) is 0 Å². The predicted octanol–water partition coefficient (Wildman–Crippen LogP) is -0.107. The minimum absolute atomic E-state index is 0.187. The maximum atomic E-state index is 4.72. The summed E-state index contributed by atoms with van der Waals surface area (Å²) in [7, 11) is 1.87. The molecule has 0 aromatic heterocycles. The van der Waals surface area contributed by atoms with Gasteiger partial charge in [-0.1, -0.05) is 0 Å². The minimum Gasteiger partial charge on any atom is -0.234 e. The van der Waals surface area contributed by atoms with Crippen molar-refractivity contribution in [3.63, 3.8) is 0 Å². The Balaban J connectivity index is 2.18. The fourth-order valence-electron chi connectivity index (χ4n) is 0.330. The zero-order valence-corrected chi connectivity index (χ0v) is 4.57. The fraction of sp³-hybridized carbons (Fsp3) is 1.00. The van der Waals surface area contributed by atoms with Gasteiger partial charge in [0.2, 0.25) is 0 Å². The summed E-state index contributed by atoms with van der Waals surface area (Å²) in [5.74, 6) is 0. The lowest BCUT2D eigenvalue weighted by Gasteiger charge is -1.90. The molecular weight excluding hydrogens is 97.8 g/mol. The molecule has 0 amide bonds. The van der Waals surface area contributed by atoms with Crippen LogP contribution in [0, 0.1) is 0 Å². The molecule has 2 nitrogen and oxygen atoms in total. The van der Waals surface area contributed by atoms with Gasteiger partial charge in [-0.25, -0.2) is 9.56 Å². The van der Waals surface area contributed by atoms with Crippen molar-refractivity contribution in [3.05, 3.63) is 0 Å². The van der Waals surface area contributed by atoms with E-state index in [-0.39, 0.29) is 8.03 Å². The largest absolute Gasteiger partial charge is 0.234 e. The molecule has 0 N–H and O–H groups in total. The van der Waals surface area contributed by atoms with E-state index in [4.69, 9.17) is 4.67 Å². The van der Waals surface area contributed by atoms with Crippen LogP contribution < -0.4 is 0 Å². The lowest BCUT2D eigenvalue weighted by Crippen LogP contribution is -1.77. The summed E-state index contributed by atoms with van der Waals surface area (Å²) in [4.78, 5) is 4.59. The van der Waals surface area contributed by atoms with Gasteiger partial charge in [0.05, 0.1) is 6.61 Å². The van der Waals surface area contributed by atoms with Crippen molar-refractivity contribution in [2.75, 3.05) is 12.8 Å². The van der Waals surface area contributed by atoms with Crippen LogP contribution in [0.15, 0.2) is 0 Å². The number of hydrogen-bond acceptors (Lipinski definition) is 2. The second-order valence-electron chi connectivity index (χ2n) is 1.25. The quantitative estimate of drug-likeness (QED) is 0.242. The summed E-state index contributed by atoms with van der Waals surface area (Å²) in [5.41, 5.74) is 0. The zero-order chi connectivity index (χ0) is 4.41. The molecule has 0 spiro atoms. The lowest BCUT2D eigenvalue weighted by molar-refractivity contribution is -0.173. The van der Waals surface area contributed by atoms with Gasteiger partial charge in [-0.2, -0.15) is 0 Å². The van der Waals surface area contributed by atoms with Gasteiger partial charge in [0, 0.05) is 14.2 Å². The van der Waals surface area contributed by atoms with Crippen LogP contribution in [0.5, 0.6) is 0 Å². The smallest absolute Gasteiger partial charge is 0.173 e. The standard InChI is InChI=1S/C2H6BO2P/c3-6-2-1-4-5-6/h1-3H2. The third-order valence-corrected chi connectivity index (χ3v) is 1.84. The maximum Gasteiger partial charge on any atom is 0.173 e. The molecule has 0 saturated carbocycles. The predicted molar refractivity (Wildman–Crippen MR) is 27.4 cm³/mol. The summed E-state index contributed by atoms with van der Waals surface area (Å²) in [6.45, 7) is 0.794. The zero-order valence-electron chi connectivity index (χ0n) is 3.68. The first kappa shape index (κ1) is 4.57. The Morgan fingerprint density at radius 1 is 1.67 bits per heavy atom. The Bertz CT molecular complexity index is 44.8. The van der Waals surface area contributed by atoms with Crippen LogP contribution in [0.25, 0.3) is 0 Å². The van der Waals surface area contributed by atoms with Gasteiger partial charge in [-0.05, 0) is 0 Å². The van der Waals surface area contributed by atoms with E-state index >= 15 is 0 Å². The summed E-state index contributed by atoms with van der Waals surface area (Å²) in [6, 6.07) is 0. The van der Waals surface area contributed by atoms with E-state index in [1.165, 1.54) is 0 Å². The minimum atomic E-state index is -0.187. The van der Waals surface area contributed by atoms with Gasteiger partial charge in [0.15, 0.2) is 7.57 Å². The monoisotopic (exact) mass is 104 g/mol. The van der Waals surface area contributed by atoms with Crippen LogP contribution in [-0.4, -0.2) is 20.3 Å². The van der Waals surface area contributed by atoms with E-state index in [0.29, 0.717) is 0 Å². The average molecular weight is 104 g/mol. The third kappa shape index (κ3) is 0.936. The van der Waals surface area contributed by atoms with E-state index < -0.39 is 0 Å². The Labute approximate surface area is 39.0 Å². The first-order chi connectivity index (χ1) is 2.89. The molecule has 1 unspecified atom stereocenters. The molecule has 1 aliphatic rings. The van der Waals surface area contributed by atoms with Gasteiger partial charge in [-0.3, -0.25) is 0 Å². The molecule has 0 bridgehead atoms. The molecule has 1 saturated heterocycles. The van der Waals surface area contributed by atoms with E-state index in [9.17, 15) is 0 Å². The molecule has 34 valence electrons. The summed E-state index contributed by atoms with van der Waals surface area (Å²) >= 11 is 0. The summed E-state index contributed by atoms with van der Waals surface area (Å²) in [5, 5.41) is 0. The Morgan fingerprint density at radius 2 is 2.50 bits per heavy atom. The molecule has 0 aromatic carbocycles. The van der Waals surface area contributed by atoms with Crippen LogP contribution in [0.1, 0.15) is 0 Å². The maximum absolute atomic E-state index is 4.72. The van der Waals surface area contributed by atoms with Crippen LogP contribution in [0.3, 0.4) is 0 Å². The van der Waals surface area contributed by atoms with Gasteiger partial charge in [-0.15, -0.1) is 0 Å². The number of rotatable bonds is 0. The van der Waals surface area contributed by atoms with E-state index in [1.807, 2.05) is 0 Å². The number of hydrogen-bond donors (Lipinski definition) is 0. The fourth-order valence-corrected chi connectivity index (χ4v) is 0.991. The Kier molecular flexibility index (Phi) is 1.46. The third-order valence-electron chi connectivity index (χ3n) is 0.669. The molecule has 1 fully saturated rings. The molecule has 1 aliphatic heterocycles. The highest BCUT2D eigenvalue weighted by Gasteiger charge is 2.08. The van der Waals surface area contributed by atoms with Crippen molar-refractivity contribution in [2.24, 2.45) is 0 Å². The molecule has 1 heterocycles. The molecule has 0 aliphatic carbocycles. The Morgan fingerprint density at radius 3 is 2.67 bits per heavy atom. The molecule has 4 heteroatoms. The van der Waals surface area contributed by atoms with E-state index in [1.54, 1.807) is 0 Å². The molecule has 6 heavy (non-hydrogen) atoms. The average Bonchev–Trinajstić information content (AvgIpc) is 1.86. The van der Waals surface area contributed by atoms with Gasteiger partial charge >= 0.3 is 0 Å². The van der Waals surface area contributed by atoms with Crippen LogP contribution in [0.4, 0.5) is 0 Å². The highest BCUT2D eigenvalue weighted by atomic mass is 31.1. The molecule has 1 rings (SSSR count). The first-order valence-corrected chi connectivity index (χ1v) is 3.79. The summed E-state index contributed by atoms with van der Waals surface area (Å²) < 4.78 is 4.72.